The summed E-state index contributed by atoms with van der Waals surface area (Å²) in [5.41, 5.74) is 8.80. The highest BCUT2D eigenvalue weighted by atomic mass is 16.1. The highest BCUT2D eigenvalue weighted by Gasteiger charge is 2.36. The van der Waals surface area contributed by atoms with Gasteiger partial charge in [0.2, 0.25) is 0 Å². The van der Waals surface area contributed by atoms with Crippen molar-refractivity contribution in [3.63, 3.8) is 0 Å². The number of fused-ring (bicyclic) bond motifs is 3. The molecule has 0 spiro atoms. The monoisotopic (exact) mass is 476 g/mol. The topological polar surface area (TPSA) is 107 Å². The number of carbonyl (C=O) groups is 2. The summed E-state index contributed by atoms with van der Waals surface area (Å²) in [6, 6.07) is 6.62. The Bertz CT molecular complexity index is 1250. The van der Waals surface area contributed by atoms with E-state index in [9.17, 15) is 9.59 Å². The molecule has 8 nitrogen and oxygen atoms in total. The average molecular weight is 477 g/mol. The van der Waals surface area contributed by atoms with Crippen molar-refractivity contribution in [1.82, 2.24) is 20.2 Å². The van der Waals surface area contributed by atoms with Crippen molar-refractivity contribution in [3.8, 4) is 0 Å². The van der Waals surface area contributed by atoms with Gasteiger partial charge >= 0.3 is 0 Å². The Morgan fingerprint density at radius 2 is 2.11 bits per heavy atom. The second-order valence-electron chi connectivity index (χ2n) is 10.5. The Morgan fingerprint density at radius 3 is 2.83 bits per heavy atom. The fourth-order valence-electron chi connectivity index (χ4n) is 6.00. The standard InChI is InChI=1S/C27H36N6O2/c1-29-10-9-27(17-34)8-3-11-33(16-27)26-23-20-5-4-19(18-6-12-32(2)13-7-18)14-22(20)31-24(23)21(15-30-26)25(28)35/h4-5,14-15,17-18,29,31H,3,6-13,16H2,1-2H3,(H2,28,35). The van der Waals surface area contributed by atoms with Crippen molar-refractivity contribution >= 4 is 39.8 Å². The van der Waals surface area contributed by atoms with E-state index < -0.39 is 11.3 Å². The van der Waals surface area contributed by atoms with Crippen LogP contribution >= 0.6 is 0 Å². The third kappa shape index (κ3) is 4.41. The molecule has 4 heterocycles. The van der Waals surface area contributed by atoms with E-state index in [1.54, 1.807) is 6.20 Å². The third-order valence-electron chi connectivity index (χ3n) is 8.12. The van der Waals surface area contributed by atoms with E-state index >= 15 is 0 Å². The molecule has 1 atom stereocenters. The van der Waals surface area contributed by atoms with E-state index in [1.165, 1.54) is 5.56 Å². The van der Waals surface area contributed by atoms with Crippen LogP contribution in [-0.4, -0.2) is 73.9 Å². The Morgan fingerprint density at radius 1 is 1.31 bits per heavy atom. The van der Waals surface area contributed by atoms with Crippen LogP contribution in [0.1, 0.15) is 53.9 Å². The van der Waals surface area contributed by atoms with Gasteiger partial charge < -0.3 is 30.6 Å². The Balaban J connectivity index is 1.59. The molecule has 0 bridgehead atoms. The van der Waals surface area contributed by atoms with Crippen LogP contribution in [-0.2, 0) is 4.79 Å². The van der Waals surface area contributed by atoms with Crippen molar-refractivity contribution in [2.24, 2.45) is 11.1 Å². The van der Waals surface area contributed by atoms with Crippen molar-refractivity contribution < 1.29 is 9.59 Å². The predicted molar refractivity (Wildman–Crippen MR) is 140 cm³/mol. The summed E-state index contributed by atoms with van der Waals surface area (Å²) in [5.74, 6) is 0.863. The van der Waals surface area contributed by atoms with Gasteiger partial charge in [-0.1, -0.05) is 12.1 Å². The molecule has 2 aromatic heterocycles. The van der Waals surface area contributed by atoms with Crippen LogP contribution in [0, 0.1) is 5.41 Å². The van der Waals surface area contributed by atoms with Gasteiger partial charge in [-0.15, -0.1) is 0 Å². The number of aromatic nitrogens is 2. The van der Waals surface area contributed by atoms with Crippen molar-refractivity contribution in [2.45, 2.75) is 38.0 Å². The summed E-state index contributed by atoms with van der Waals surface area (Å²) < 4.78 is 0. The van der Waals surface area contributed by atoms with Gasteiger partial charge in [-0.2, -0.15) is 0 Å². The van der Waals surface area contributed by atoms with E-state index in [2.05, 4.69) is 45.3 Å². The zero-order valence-corrected chi connectivity index (χ0v) is 20.8. The number of amides is 1. The van der Waals surface area contributed by atoms with Gasteiger partial charge in [-0.05, 0) is 83.4 Å². The fourth-order valence-corrected chi connectivity index (χ4v) is 6.00. The summed E-state index contributed by atoms with van der Waals surface area (Å²) in [7, 11) is 4.09. The van der Waals surface area contributed by atoms with Gasteiger partial charge in [0.05, 0.1) is 16.5 Å². The number of hydrogen-bond donors (Lipinski definition) is 3. The molecule has 2 aliphatic rings. The molecule has 1 aromatic carbocycles. The number of nitrogens with one attached hydrogen (secondary N) is 2. The van der Waals surface area contributed by atoms with Gasteiger partial charge in [0, 0.05) is 35.6 Å². The zero-order valence-electron chi connectivity index (χ0n) is 20.8. The molecule has 4 N–H and O–H groups in total. The summed E-state index contributed by atoms with van der Waals surface area (Å²) >= 11 is 0. The minimum atomic E-state index is -0.494. The molecular weight excluding hydrogens is 440 g/mol. The van der Waals surface area contributed by atoms with Crippen molar-refractivity contribution in [1.29, 1.82) is 0 Å². The van der Waals surface area contributed by atoms with Crippen LogP contribution in [0.3, 0.4) is 0 Å². The van der Waals surface area contributed by atoms with Gasteiger partial charge in [-0.25, -0.2) is 4.98 Å². The SMILES string of the molecule is CNCCC1(C=O)CCCN(c2ncc(C(N)=O)c3[nH]c4cc(C5CCN(C)CC5)ccc4c23)C1. The number of aromatic amines is 1. The molecule has 1 amide bonds. The first-order valence-electron chi connectivity index (χ1n) is 12.7. The lowest BCUT2D eigenvalue weighted by Gasteiger charge is -2.40. The van der Waals surface area contributed by atoms with E-state index in [1.807, 2.05) is 7.05 Å². The number of H-pyrrole nitrogens is 1. The van der Waals surface area contributed by atoms with Crippen LogP contribution in [0.25, 0.3) is 21.8 Å². The maximum Gasteiger partial charge on any atom is 0.252 e. The van der Waals surface area contributed by atoms with Gasteiger partial charge in [0.1, 0.15) is 12.1 Å². The maximum absolute atomic E-state index is 12.3. The first-order valence-corrected chi connectivity index (χ1v) is 12.7. The van der Waals surface area contributed by atoms with E-state index in [0.717, 1.165) is 92.2 Å². The van der Waals surface area contributed by atoms with Crippen LogP contribution in [0.15, 0.2) is 24.4 Å². The second kappa shape index (κ2) is 9.59. The number of nitrogens with zero attached hydrogens (tertiary/aromatic N) is 3. The number of likely N-dealkylation sites (tertiary alicyclic amines) is 1. The number of primary amides is 1. The fraction of sp³-hybridized carbons (Fsp3) is 0.519. The molecule has 1 unspecified atom stereocenters. The average Bonchev–Trinajstić information content (AvgIpc) is 3.26. The number of rotatable bonds is 7. The van der Waals surface area contributed by atoms with Gasteiger partial charge in [-0.3, -0.25) is 4.79 Å². The van der Waals surface area contributed by atoms with Crippen molar-refractivity contribution in [2.75, 3.05) is 51.7 Å². The van der Waals surface area contributed by atoms with Crippen LogP contribution < -0.4 is 16.0 Å². The van der Waals surface area contributed by atoms with Crippen molar-refractivity contribution in [3.05, 3.63) is 35.5 Å². The quantitative estimate of drug-likeness (QED) is 0.453. The summed E-state index contributed by atoms with van der Waals surface area (Å²) in [5, 5.41) is 5.14. The molecule has 186 valence electrons. The summed E-state index contributed by atoms with van der Waals surface area (Å²) in [6.45, 7) is 4.46. The highest BCUT2D eigenvalue weighted by Crippen LogP contribution is 2.40. The molecule has 5 rings (SSSR count). The first kappa shape index (κ1) is 23.8. The molecule has 0 radical (unpaired) electrons. The van der Waals surface area contributed by atoms with E-state index in [4.69, 9.17) is 10.7 Å². The van der Waals surface area contributed by atoms with E-state index in [0.29, 0.717) is 18.0 Å². The minimum Gasteiger partial charge on any atom is -0.365 e. The number of hydrogen-bond acceptors (Lipinski definition) is 6. The number of aldehydes is 1. The van der Waals surface area contributed by atoms with Crippen LogP contribution in [0.2, 0.25) is 0 Å². The maximum atomic E-state index is 12.3. The van der Waals surface area contributed by atoms with E-state index in [-0.39, 0.29) is 0 Å². The molecule has 2 saturated heterocycles. The second-order valence-corrected chi connectivity index (χ2v) is 10.5. The zero-order chi connectivity index (χ0) is 24.6. The molecule has 2 aliphatic heterocycles. The lowest BCUT2D eigenvalue weighted by Crippen LogP contribution is -2.46. The van der Waals surface area contributed by atoms with Crippen LogP contribution in [0.5, 0.6) is 0 Å². The lowest BCUT2D eigenvalue weighted by molar-refractivity contribution is -0.117. The normalized spacial score (nSPS) is 22.2. The number of nitrogens with two attached hydrogens (primary N) is 1. The highest BCUT2D eigenvalue weighted by molar-refractivity contribution is 6.18. The van der Waals surface area contributed by atoms with Gasteiger partial charge in [0.15, 0.2) is 0 Å². The Kier molecular flexibility index (Phi) is 6.51. The number of piperidine rings is 2. The summed E-state index contributed by atoms with van der Waals surface area (Å²) in [4.78, 5) is 37.3. The number of pyridine rings is 1. The largest absolute Gasteiger partial charge is 0.365 e. The lowest BCUT2D eigenvalue weighted by atomic mass is 9.78. The molecule has 3 aromatic rings. The Hall–Kier alpha value is -2.97. The number of benzene rings is 1. The number of anilines is 1. The van der Waals surface area contributed by atoms with Crippen LogP contribution in [0.4, 0.5) is 5.82 Å². The molecule has 0 saturated carbocycles. The molecule has 0 aliphatic carbocycles. The molecule has 2 fully saturated rings. The third-order valence-corrected chi connectivity index (χ3v) is 8.12. The molecular formula is C27H36N6O2. The molecule has 8 heteroatoms. The number of carbonyl (C=O) groups excluding carboxylic acids is 2. The Labute approximate surface area is 206 Å². The molecule has 35 heavy (non-hydrogen) atoms. The minimum absolute atomic E-state index is 0.398. The first-order chi connectivity index (χ1) is 16.9. The predicted octanol–water partition coefficient (Wildman–Crippen LogP) is 3.02. The summed E-state index contributed by atoms with van der Waals surface area (Å²) in [6.07, 6.45) is 7.61. The van der Waals surface area contributed by atoms with Gasteiger partial charge in [0.25, 0.3) is 5.91 Å². The smallest absolute Gasteiger partial charge is 0.252 e.